The molecule has 0 saturated heterocycles. The molecule has 1 heterocycles. The van der Waals surface area contributed by atoms with Crippen molar-refractivity contribution in [3.8, 4) is 0 Å². The fourth-order valence-corrected chi connectivity index (χ4v) is 1.50. The highest BCUT2D eigenvalue weighted by molar-refractivity contribution is 5.80. The van der Waals surface area contributed by atoms with E-state index >= 15 is 0 Å². The quantitative estimate of drug-likeness (QED) is 0.792. The topological polar surface area (TPSA) is 42.6 Å². The maximum atomic E-state index is 13.5. The first-order valence-electron chi connectivity index (χ1n) is 4.69. The average molecular weight is 210 g/mol. The molecule has 1 atom stereocenters. The maximum Gasteiger partial charge on any atom is 0.187 e. The van der Waals surface area contributed by atoms with Gasteiger partial charge in [0.15, 0.2) is 6.29 Å². The van der Waals surface area contributed by atoms with Crippen LogP contribution in [0.25, 0.3) is 11.0 Å². The molecule has 1 N–H and O–H groups in total. The molecule has 1 aromatic carbocycles. The van der Waals surface area contributed by atoms with Crippen LogP contribution in [0.5, 0.6) is 0 Å². The molecule has 0 radical (unpaired) electrons. The van der Waals surface area contributed by atoms with E-state index in [0.29, 0.717) is 12.2 Å². The lowest BCUT2D eigenvalue weighted by Gasteiger charge is -2.11. The molecular formula is C11H11FO3. The lowest BCUT2D eigenvalue weighted by molar-refractivity contribution is -0.0993. The second-order valence-electron chi connectivity index (χ2n) is 3.11. The molecule has 0 spiro atoms. The number of rotatable bonds is 3. The Morgan fingerprint density at radius 3 is 3.00 bits per heavy atom. The summed E-state index contributed by atoms with van der Waals surface area (Å²) >= 11 is 0. The Bertz CT molecular complexity index is 464. The van der Waals surface area contributed by atoms with Gasteiger partial charge in [0.2, 0.25) is 0 Å². The summed E-state index contributed by atoms with van der Waals surface area (Å²) in [5, 5.41) is 10.3. The molecule has 0 aliphatic carbocycles. The molecule has 2 aromatic rings. The molecular weight excluding hydrogens is 199 g/mol. The summed E-state index contributed by atoms with van der Waals surface area (Å²) in [6.07, 6.45) is 0.163. The smallest absolute Gasteiger partial charge is 0.187 e. The minimum Gasteiger partial charge on any atom is -0.464 e. The fourth-order valence-electron chi connectivity index (χ4n) is 1.50. The summed E-state index contributed by atoms with van der Waals surface area (Å²) in [6, 6.07) is 4.59. The van der Waals surface area contributed by atoms with Crippen LogP contribution < -0.4 is 0 Å². The first-order valence-corrected chi connectivity index (χ1v) is 4.69. The van der Waals surface area contributed by atoms with E-state index in [1.165, 1.54) is 12.3 Å². The lowest BCUT2D eigenvalue weighted by atomic mass is 10.1. The van der Waals surface area contributed by atoms with E-state index < -0.39 is 12.1 Å². The molecule has 0 bridgehead atoms. The van der Waals surface area contributed by atoms with Gasteiger partial charge in [0, 0.05) is 12.0 Å². The van der Waals surface area contributed by atoms with Gasteiger partial charge in [0.05, 0.1) is 11.8 Å². The third-order valence-electron chi connectivity index (χ3n) is 2.18. The molecule has 4 heteroatoms. The number of furan rings is 1. The van der Waals surface area contributed by atoms with Crippen molar-refractivity contribution in [2.24, 2.45) is 0 Å². The molecule has 0 aliphatic rings. The molecule has 15 heavy (non-hydrogen) atoms. The van der Waals surface area contributed by atoms with Crippen molar-refractivity contribution in [2.75, 3.05) is 6.61 Å². The summed E-state index contributed by atoms with van der Waals surface area (Å²) in [6.45, 7) is 2.03. The normalized spacial score (nSPS) is 13.3. The second-order valence-corrected chi connectivity index (χ2v) is 3.11. The highest BCUT2D eigenvalue weighted by Crippen LogP contribution is 2.28. The molecule has 1 aromatic heterocycles. The predicted octanol–water partition coefficient (Wildman–Crippen LogP) is 2.60. The monoisotopic (exact) mass is 210 g/mol. The van der Waals surface area contributed by atoms with Gasteiger partial charge in [-0.3, -0.25) is 0 Å². The van der Waals surface area contributed by atoms with E-state index in [2.05, 4.69) is 0 Å². The van der Waals surface area contributed by atoms with Crippen molar-refractivity contribution in [1.29, 1.82) is 0 Å². The Kier molecular flexibility index (Phi) is 2.70. The molecule has 2 rings (SSSR count). The van der Waals surface area contributed by atoms with E-state index in [1.54, 1.807) is 19.1 Å². The van der Waals surface area contributed by atoms with Gasteiger partial charge >= 0.3 is 0 Å². The third kappa shape index (κ3) is 1.73. The molecule has 0 saturated carbocycles. The molecule has 80 valence electrons. The first-order chi connectivity index (χ1) is 7.24. The zero-order valence-corrected chi connectivity index (χ0v) is 8.24. The second kappa shape index (κ2) is 4.00. The first kappa shape index (κ1) is 10.1. The Hall–Kier alpha value is -1.39. The highest BCUT2D eigenvalue weighted by atomic mass is 19.1. The van der Waals surface area contributed by atoms with Gasteiger partial charge in [-0.15, -0.1) is 0 Å². The van der Waals surface area contributed by atoms with Gasteiger partial charge in [0.1, 0.15) is 11.4 Å². The van der Waals surface area contributed by atoms with Crippen molar-refractivity contribution in [1.82, 2.24) is 0 Å². The van der Waals surface area contributed by atoms with Crippen LogP contribution in [0.2, 0.25) is 0 Å². The van der Waals surface area contributed by atoms with Gasteiger partial charge in [-0.2, -0.15) is 0 Å². The Balaban J connectivity index is 2.55. The minimum atomic E-state index is -1.29. The molecule has 0 aliphatic heterocycles. The summed E-state index contributed by atoms with van der Waals surface area (Å²) in [7, 11) is 0. The van der Waals surface area contributed by atoms with Gasteiger partial charge < -0.3 is 14.3 Å². The summed E-state index contributed by atoms with van der Waals surface area (Å²) in [4.78, 5) is 0. The number of halogens is 1. The third-order valence-corrected chi connectivity index (χ3v) is 2.18. The Morgan fingerprint density at radius 2 is 2.27 bits per heavy atom. The highest BCUT2D eigenvalue weighted by Gasteiger charge is 2.18. The predicted molar refractivity (Wildman–Crippen MR) is 52.8 cm³/mol. The number of hydrogen-bond donors (Lipinski definition) is 1. The Morgan fingerprint density at radius 1 is 1.47 bits per heavy atom. The zero-order valence-electron chi connectivity index (χ0n) is 8.24. The summed E-state index contributed by atoms with van der Waals surface area (Å²) in [5.41, 5.74) is 0.385. The van der Waals surface area contributed by atoms with Crippen molar-refractivity contribution >= 4 is 11.0 Å². The van der Waals surface area contributed by atoms with E-state index in [-0.39, 0.29) is 5.56 Å². The SMILES string of the molecule is CCOC(O)c1c(F)ccc2ccoc12. The van der Waals surface area contributed by atoms with Crippen LogP contribution in [0.1, 0.15) is 18.8 Å². The number of ether oxygens (including phenoxy) is 1. The van der Waals surface area contributed by atoms with Crippen LogP contribution in [0.3, 0.4) is 0 Å². The molecule has 1 unspecified atom stereocenters. The van der Waals surface area contributed by atoms with Gasteiger partial charge in [-0.1, -0.05) is 0 Å². The van der Waals surface area contributed by atoms with Crippen molar-refractivity contribution in [3.63, 3.8) is 0 Å². The molecule has 0 fully saturated rings. The van der Waals surface area contributed by atoms with Crippen LogP contribution in [-0.4, -0.2) is 11.7 Å². The summed E-state index contributed by atoms with van der Waals surface area (Å²) in [5.74, 6) is -0.529. The van der Waals surface area contributed by atoms with E-state index in [4.69, 9.17) is 9.15 Å². The maximum absolute atomic E-state index is 13.5. The number of hydrogen-bond acceptors (Lipinski definition) is 3. The van der Waals surface area contributed by atoms with Crippen molar-refractivity contribution in [2.45, 2.75) is 13.2 Å². The van der Waals surface area contributed by atoms with Crippen LogP contribution in [0.4, 0.5) is 4.39 Å². The summed E-state index contributed by atoms with van der Waals surface area (Å²) < 4.78 is 23.5. The number of benzene rings is 1. The largest absolute Gasteiger partial charge is 0.464 e. The standard InChI is InChI=1S/C11H11FO3/c1-2-14-11(13)9-8(12)4-3-7-5-6-15-10(7)9/h3-6,11,13H,2H2,1H3. The molecule has 0 amide bonds. The van der Waals surface area contributed by atoms with Crippen molar-refractivity contribution in [3.05, 3.63) is 35.8 Å². The average Bonchev–Trinajstić information content (AvgIpc) is 2.65. The zero-order chi connectivity index (χ0) is 10.8. The van der Waals surface area contributed by atoms with Crippen LogP contribution in [-0.2, 0) is 4.74 Å². The van der Waals surface area contributed by atoms with Crippen molar-refractivity contribution < 1.29 is 18.7 Å². The van der Waals surface area contributed by atoms with Crippen LogP contribution >= 0.6 is 0 Å². The lowest BCUT2D eigenvalue weighted by Crippen LogP contribution is -2.05. The Labute approximate surface area is 86.1 Å². The number of fused-ring (bicyclic) bond motifs is 1. The van der Waals surface area contributed by atoms with Gasteiger partial charge in [0.25, 0.3) is 0 Å². The van der Waals surface area contributed by atoms with Gasteiger partial charge in [-0.25, -0.2) is 4.39 Å². The van der Waals surface area contributed by atoms with Crippen LogP contribution in [0, 0.1) is 5.82 Å². The van der Waals surface area contributed by atoms with E-state index in [0.717, 1.165) is 5.39 Å². The minimum absolute atomic E-state index is 0.0550. The van der Waals surface area contributed by atoms with Crippen LogP contribution in [0.15, 0.2) is 28.9 Å². The van der Waals surface area contributed by atoms with E-state index in [9.17, 15) is 9.50 Å². The molecule has 3 nitrogen and oxygen atoms in total. The number of aliphatic hydroxyl groups excluding tert-OH is 1. The van der Waals surface area contributed by atoms with Gasteiger partial charge in [-0.05, 0) is 25.1 Å². The number of aliphatic hydroxyl groups is 1. The van der Waals surface area contributed by atoms with E-state index in [1.807, 2.05) is 0 Å². The fraction of sp³-hybridized carbons (Fsp3) is 0.273.